The van der Waals surface area contributed by atoms with Gasteiger partial charge in [-0.3, -0.25) is 0 Å². The van der Waals surface area contributed by atoms with Gasteiger partial charge in [0.1, 0.15) is 10.1 Å². The highest BCUT2D eigenvalue weighted by molar-refractivity contribution is 7.85. The lowest BCUT2D eigenvalue weighted by atomic mass is 10.1. The summed E-state index contributed by atoms with van der Waals surface area (Å²) in [6.45, 7) is 11.0. The van der Waals surface area contributed by atoms with Gasteiger partial charge in [-0.1, -0.05) is 40.0 Å². The Labute approximate surface area is 193 Å². The maximum absolute atomic E-state index is 11.3. The highest BCUT2D eigenvalue weighted by Gasteiger charge is 2.19. The van der Waals surface area contributed by atoms with E-state index in [1.54, 1.807) is 0 Å². The number of hydrogen-bond donors (Lipinski definition) is 0. The van der Waals surface area contributed by atoms with Crippen LogP contribution in [0.1, 0.15) is 80.0 Å². The maximum atomic E-state index is 11.3. The van der Waals surface area contributed by atoms with Gasteiger partial charge in [-0.2, -0.15) is 0 Å². The predicted octanol–water partition coefficient (Wildman–Crippen LogP) is 4.00. The normalized spacial score (nSPS) is 11.3. The van der Waals surface area contributed by atoms with Crippen LogP contribution in [0.2, 0.25) is 0 Å². The minimum Gasteiger partial charge on any atom is -0.744 e. The van der Waals surface area contributed by atoms with E-state index in [-0.39, 0.29) is 11.1 Å². The van der Waals surface area contributed by atoms with Crippen LogP contribution in [0, 0.1) is 0 Å². The molecule has 0 atom stereocenters. The first-order chi connectivity index (χ1) is 15.0. The number of hydrogen-bond acceptors (Lipinski definition) is 7. The fraction of sp³-hybridized carbons (Fsp3) is 0.652. The van der Waals surface area contributed by atoms with Gasteiger partial charge in [0.25, 0.3) is 0 Å². The monoisotopic (exact) mass is 473 g/mol. The van der Waals surface area contributed by atoms with Gasteiger partial charge in [-0.05, 0) is 37.5 Å². The number of esters is 2. The fourth-order valence-electron chi connectivity index (χ4n) is 3.17. The number of carbonyl (C=O) groups excluding carboxylic acids is 2. The average molecular weight is 474 g/mol. The molecule has 32 heavy (non-hydrogen) atoms. The van der Waals surface area contributed by atoms with Gasteiger partial charge in [0.05, 0.1) is 56.9 Å². The van der Waals surface area contributed by atoms with E-state index in [1.807, 2.05) is 0 Å². The highest BCUT2D eigenvalue weighted by atomic mass is 32.2. The minimum atomic E-state index is -4.80. The Morgan fingerprint density at radius 3 is 1.41 bits per heavy atom. The van der Waals surface area contributed by atoms with Crippen molar-refractivity contribution >= 4 is 22.1 Å². The number of carbonyl (C=O) groups is 2. The quantitative estimate of drug-likeness (QED) is 0.256. The van der Waals surface area contributed by atoms with Crippen LogP contribution in [0.5, 0.6) is 0 Å². The van der Waals surface area contributed by atoms with Gasteiger partial charge >= 0.3 is 11.9 Å². The first-order valence-corrected chi connectivity index (χ1v) is 12.5. The van der Waals surface area contributed by atoms with Crippen molar-refractivity contribution in [2.75, 3.05) is 40.9 Å². The van der Waals surface area contributed by atoms with E-state index < -0.39 is 27.0 Å². The molecule has 0 N–H and O–H groups in total. The molecule has 1 aromatic rings. The molecular weight excluding hydrogens is 434 g/mol. The summed E-state index contributed by atoms with van der Waals surface area (Å²) < 4.78 is 42.8. The largest absolute Gasteiger partial charge is 0.744 e. The molecule has 8 nitrogen and oxygen atoms in total. The minimum absolute atomic E-state index is 0.227. The second-order valence-corrected chi connectivity index (χ2v) is 9.41. The third-order valence-corrected chi connectivity index (χ3v) is 6.00. The summed E-state index contributed by atoms with van der Waals surface area (Å²) >= 11 is 0. The Morgan fingerprint density at radius 1 is 0.812 bits per heavy atom. The predicted molar refractivity (Wildman–Crippen MR) is 123 cm³/mol. The molecule has 0 spiro atoms. The molecule has 0 unspecified atom stereocenters. The molecule has 0 aliphatic rings. The van der Waals surface area contributed by atoms with Gasteiger partial charge in [0, 0.05) is 0 Å². The van der Waals surface area contributed by atoms with Crippen molar-refractivity contribution in [2.24, 2.45) is 0 Å². The van der Waals surface area contributed by atoms with E-state index in [0.717, 1.165) is 32.4 Å². The SMILES string of the molecule is CCCC[N+](C)(CCCC)CCCC.COC(=O)c1cc(C(=O)OC)cc(S(=O)(=O)[O-])c1. The van der Waals surface area contributed by atoms with E-state index in [0.29, 0.717) is 0 Å². The van der Waals surface area contributed by atoms with E-state index in [9.17, 15) is 22.6 Å². The first-order valence-electron chi connectivity index (χ1n) is 11.1. The molecule has 184 valence electrons. The van der Waals surface area contributed by atoms with Crippen LogP contribution in [0.3, 0.4) is 0 Å². The van der Waals surface area contributed by atoms with Gasteiger partial charge in [-0.25, -0.2) is 18.0 Å². The summed E-state index contributed by atoms with van der Waals surface area (Å²) in [6.07, 6.45) is 8.20. The lowest BCUT2D eigenvalue weighted by molar-refractivity contribution is -0.910. The molecule has 0 aliphatic heterocycles. The number of rotatable bonds is 12. The van der Waals surface area contributed by atoms with Crippen LogP contribution >= 0.6 is 0 Å². The lowest BCUT2D eigenvalue weighted by Crippen LogP contribution is -2.46. The molecule has 1 rings (SSSR count). The first kappa shape index (κ1) is 30.0. The smallest absolute Gasteiger partial charge is 0.337 e. The highest BCUT2D eigenvalue weighted by Crippen LogP contribution is 2.17. The van der Waals surface area contributed by atoms with Gasteiger partial charge in [-0.15, -0.1) is 0 Å². The van der Waals surface area contributed by atoms with Crippen molar-refractivity contribution in [1.82, 2.24) is 0 Å². The molecule has 1 aromatic carbocycles. The van der Waals surface area contributed by atoms with E-state index in [1.165, 1.54) is 62.6 Å². The number of unbranched alkanes of at least 4 members (excludes halogenated alkanes) is 3. The maximum Gasteiger partial charge on any atom is 0.337 e. The summed E-state index contributed by atoms with van der Waals surface area (Å²) in [4.78, 5) is 21.9. The summed E-state index contributed by atoms with van der Waals surface area (Å²) in [7, 11) is -0.188. The van der Waals surface area contributed by atoms with Crippen molar-refractivity contribution in [3.8, 4) is 0 Å². The zero-order valence-corrected chi connectivity index (χ0v) is 21.1. The fourth-order valence-corrected chi connectivity index (χ4v) is 3.71. The standard InChI is InChI=1S/C13H30N.C10H10O7S/c1-5-8-11-14(4,12-9-6-2)13-10-7-3;1-16-9(11)6-3-7(10(12)17-2)5-8(4-6)18(13,14)15/h5-13H2,1-4H3;3-5H,1-2H3,(H,13,14,15)/q+1;/p-1. The molecule has 9 heteroatoms. The second kappa shape index (κ2) is 15.0. The molecule has 0 bridgehead atoms. The molecule has 0 saturated carbocycles. The Morgan fingerprint density at radius 2 is 1.16 bits per heavy atom. The third-order valence-electron chi connectivity index (χ3n) is 5.19. The third kappa shape index (κ3) is 11.1. The lowest BCUT2D eigenvalue weighted by Gasteiger charge is -2.34. The molecule has 0 radical (unpaired) electrons. The molecular formula is C23H39NO7S. The Balaban J connectivity index is 0.000000622. The Hall–Kier alpha value is -1.97. The summed E-state index contributed by atoms with van der Waals surface area (Å²) in [6, 6.07) is 2.74. The summed E-state index contributed by atoms with van der Waals surface area (Å²) in [5.41, 5.74) is -0.454. The Bertz CT molecular complexity index is 766. The van der Waals surface area contributed by atoms with E-state index >= 15 is 0 Å². The van der Waals surface area contributed by atoms with Crippen molar-refractivity contribution in [2.45, 2.75) is 64.2 Å². The summed E-state index contributed by atoms with van der Waals surface area (Å²) in [5, 5.41) is 0. The number of methoxy groups -OCH3 is 2. The van der Waals surface area contributed by atoms with Gasteiger partial charge in [0.2, 0.25) is 0 Å². The average Bonchev–Trinajstić information content (AvgIpc) is 2.78. The van der Waals surface area contributed by atoms with Crippen LogP contribution in [-0.2, 0) is 19.6 Å². The molecule has 0 amide bonds. The molecule has 0 saturated heterocycles. The zero-order valence-electron chi connectivity index (χ0n) is 20.3. The van der Waals surface area contributed by atoms with Crippen molar-refractivity contribution < 1.29 is 36.5 Å². The molecule has 0 fully saturated rings. The van der Waals surface area contributed by atoms with Crippen LogP contribution in [0.4, 0.5) is 0 Å². The number of benzene rings is 1. The number of quaternary nitrogens is 1. The number of nitrogens with zero attached hydrogens (tertiary/aromatic N) is 1. The van der Waals surface area contributed by atoms with Crippen molar-refractivity contribution in [3.05, 3.63) is 29.3 Å². The topological polar surface area (TPSA) is 110 Å². The van der Waals surface area contributed by atoms with Gasteiger partial charge < -0.3 is 18.5 Å². The van der Waals surface area contributed by atoms with Crippen molar-refractivity contribution in [1.29, 1.82) is 0 Å². The molecule has 0 aliphatic carbocycles. The molecule has 0 heterocycles. The van der Waals surface area contributed by atoms with Crippen LogP contribution in [-0.4, -0.2) is 70.3 Å². The van der Waals surface area contributed by atoms with Crippen molar-refractivity contribution in [3.63, 3.8) is 0 Å². The van der Waals surface area contributed by atoms with Crippen LogP contribution in [0.15, 0.2) is 23.1 Å². The number of ether oxygens (including phenoxy) is 2. The molecule has 0 aromatic heterocycles. The van der Waals surface area contributed by atoms with E-state index in [2.05, 4.69) is 37.3 Å². The van der Waals surface area contributed by atoms with Gasteiger partial charge in [0.15, 0.2) is 0 Å². The summed E-state index contributed by atoms with van der Waals surface area (Å²) in [5.74, 6) is -1.74. The second-order valence-electron chi connectivity index (χ2n) is 8.03. The van der Waals surface area contributed by atoms with Crippen LogP contribution in [0.25, 0.3) is 0 Å². The zero-order chi connectivity index (χ0) is 24.8. The Kier molecular flexibility index (Phi) is 14.1. The van der Waals surface area contributed by atoms with Crippen LogP contribution < -0.4 is 0 Å². The van der Waals surface area contributed by atoms with E-state index in [4.69, 9.17) is 0 Å².